The highest BCUT2D eigenvalue weighted by molar-refractivity contribution is 5.77. The van der Waals surface area contributed by atoms with Gasteiger partial charge in [-0.25, -0.2) is 4.98 Å². The van der Waals surface area contributed by atoms with Crippen molar-refractivity contribution in [1.29, 1.82) is 0 Å². The lowest BCUT2D eigenvalue weighted by atomic mass is 10.2. The number of furan rings is 1. The Morgan fingerprint density at radius 3 is 2.77 bits per heavy atom. The summed E-state index contributed by atoms with van der Waals surface area (Å²) in [6.45, 7) is 3.65. The molecule has 6 heteroatoms. The third-order valence-corrected chi connectivity index (χ3v) is 3.52. The number of benzene rings is 1. The third-order valence-electron chi connectivity index (χ3n) is 3.52. The lowest BCUT2D eigenvalue weighted by Gasteiger charge is -2.12. The van der Waals surface area contributed by atoms with Gasteiger partial charge in [-0.15, -0.1) is 0 Å². The number of hydrogen-bond acceptors (Lipinski definition) is 5. The summed E-state index contributed by atoms with van der Waals surface area (Å²) in [5, 5.41) is 15.0. The van der Waals surface area contributed by atoms with E-state index in [0.717, 1.165) is 16.7 Å². The number of rotatable bonds is 4. The van der Waals surface area contributed by atoms with Crippen LogP contribution in [0.3, 0.4) is 0 Å². The molecule has 0 aliphatic heterocycles. The first kappa shape index (κ1) is 14.1. The molecule has 0 saturated heterocycles. The van der Waals surface area contributed by atoms with Crippen molar-refractivity contribution < 1.29 is 9.34 Å². The minimum atomic E-state index is -0.436. The summed E-state index contributed by atoms with van der Waals surface area (Å²) < 4.78 is 5.80. The maximum absolute atomic E-state index is 10.8. The third kappa shape index (κ3) is 2.63. The van der Waals surface area contributed by atoms with E-state index in [4.69, 9.17) is 4.42 Å². The minimum Gasteiger partial charge on any atom is -0.459 e. The molecule has 0 saturated carbocycles. The summed E-state index contributed by atoms with van der Waals surface area (Å²) in [7, 11) is 0. The molecule has 0 bridgehead atoms. The predicted molar refractivity (Wildman–Crippen MR) is 83.9 cm³/mol. The number of pyridine rings is 1. The molecule has 2 aromatic heterocycles. The lowest BCUT2D eigenvalue weighted by Crippen LogP contribution is -2.07. The number of fused-ring (bicyclic) bond motifs is 1. The van der Waals surface area contributed by atoms with Crippen molar-refractivity contribution in [2.45, 2.75) is 19.9 Å². The van der Waals surface area contributed by atoms with E-state index < -0.39 is 4.92 Å². The molecule has 0 spiro atoms. The van der Waals surface area contributed by atoms with Crippen molar-refractivity contribution in [1.82, 2.24) is 4.98 Å². The van der Waals surface area contributed by atoms with Gasteiger partial charge in [0, 0.05) is 10.9 Å². The van der Waals surface area contributed by atoms with Crippen LogP contribution in [0.1, 0.15) is 24.3 Å². The number of nitrogens with one attached hydrogen (secondary N) is 1. The smallest absolute Gasteiger partial charge is 0.290 e. The molecular weight excluding hydrogens is 282 g/mol. The van der Waals surface area contributed by atoms with Crippen LogP contribution in [-0.2, 0) is 0 Å². The Hall–Kier alpha value is -2.89. The molecule has 1 aromatic carbocycles. The molecule has 1 atom stereocenters. The highest BCUT2D eigenvalue weighted by Crippen LogP contribution is 2.27. The topological polar surface area (TPSA) is 81.2 Å². The molecule has 0 unspecified atom stereocenters. The first-order chi connectivity index (χ1) is 10.5. The minimum absolute atomic E-state index is 0.0157. The van der Waals surface area contributed by atoms with Crippen LogP contribution in [-0.4, -0.2) is 9.91 Å². The zero-order chi connectivity index (χ0) is 15.7. The Balaban J connectivity index is 1.83. The van der Waals surface area contributed by atoms with E-state index in [2.05, 4.69) is 10.3 Å². The van der Waals surface area contributed by atoms with E-state index >= 15 is 0 Å². The Bertz CT molecular complexity index is 809. The fraction of sp³-hybridized carbons (Fsp3) is 0.188. The zero-order valence-corrected chi connectivity index (χ0v) is 12.2. The van der Waals surface area contributed by atoms with Gasteiger partial charge in [-0.3, -0.25) is 10.1 Å². The zero-order valence-electron chi connectivity index (χ0n) is 12.2. The van der Waals surface area contributed by atoms with Crippen LogP contribution in [0.5, 0.6) is 0 Å². The van der Waals surface area contributed by atoms with E-state index in [-0.39, 0.29) is 11.7 Å². The Kier molecular flexibility index (Phi) is 3.50. The van der Waals surface area contributed by atoms with E-state index in [1.807, 2.05) is 37.3 Å². The van der Waals surface area contributed by atoms with Gasteiger partial charge in [0.1, 0.15) is 23.4 Å². The lowest BCUT2D eigenvalue weighted by molar-refractivity contribution is -0.385. The normalized spacial score (nSPS) is 12.3. The van der Waals surface area contributed by atoms with Crippen LogP contribution < -0.4 is 5.32 Å². The van der Waals surface area contributed by atoms with Crippen LogP contribution in [0, 0.1) is 17.0 Å². The second-order valence-corrected chi connectivity index (χ2v) is 5.17. The molecule has 3 aromatic rings. The van der Waals surface area contributed by atoms with Gasteiger partial charge in [0.15, 0.2) is 0 Å². The Morgan fingerprint density at radius 1 is 1.32 bits per heavy atom. The van der Waals surface area contributed by atoms with Crippen LogP contribution in [0.15, 0.2) is 47.0 Å². The quantitative estimate of drug-likeness (QED) is 0.576. The van der Waals surface area contributed by atoms with Crippen molar-refractivity contribution in [3.05, 3.63) is 64.0 Å². The summed E-state index contributed by atoms with van der Waals surface area (Å²) in [5.41, 5.74) is 1.42. The van der Waals surface area contributed by atoms with Gasteiger partial charge >= 0.3 is 0 Å². The largest absolute Gasteiger partial charge is 0.459 e. The van der Waals surface area contributed by atoms with Crippen molar-refractivity contribution in [2.24, 2.45) is 0 Å². The number of hydrogen-bond donors (Lipinski definition) is 1. The van der Waals surface area contributed by atoms with E-state index in [9.17, 15) is 10.1 Å². The standard InChI is InChI=1S/C16H15N3O3/c1-10-7-16(17-9-13(10)19(20)21)18-11(2)15-8-12-5-3-4-6-14(12)22-15/h3-9,11H,1-2H3,(H,17,18)/t11-/m1/s1. The summed E-state index contributed by atoms with van der Waals surface area (Å²) >= 11 is 0. The molecule has 3 rings (SSSR count). The van der Waals surface area contributed by atoms with Gasteiger partial charge in [-0.2, -0.15) is 0 Å². The Labute approximate surface area is 126 Å². The van der Waals surface area contributed by atoms with Gasteiger partial charge in [0.05, 0.1) is 11.0 Å². The molecule has 22 heavy (non-hydrogen) atoms. The fourth-order valence-electron chi connectivity index (χ4n) is 2.33. The molecule has 0 fully saturated rings. The van der Waals surface area contributed by atoms with Gasteiger partial charge in [-0.05, 0) is 32.0 Å². The molecule has 2 heterocycles. The SMILES string of the molecule is Cc1cc(N[C@H](C)c2cc3ccccc3o2)ncc1[N+](=O)[O-]. The van der Waals surface area contributed by atoms with Crippen LogP contribution in [0.4, 0.5) is 11.5 Å². The first-order valence-electron chi connectivity index (χ1n) is 6.90. The highest BCUT2D eigenvalue weighted by Gasteiger charge is 2.15. The van der Waals surface area contributed by atoms with Gasteiger partial charge in [-0.1, -0.05) is 18.2 Å². The second kappa shape index (κ2) is 5.48. The van der Waals surface area contributed by atoms with Gasteiger partial charge < -0.3 is 9.73 Å². The van der Waals surface area contributed by atoms with Crippen LogP contribution >= 0.6 is 0 Å². The average molecular weight is 297 g/mol. The monoisotopic (exact) mass is 297 g/mol. The van der Waals surface area contributed by atoms with Crippen LogP contribution in [0.2, 0.25) is 0 Å². The molecule has 6 nitrogen and oxygen atoms in total. The van der Waals surface area contributed by atoms with E-state index in [1.165, 1.54) is 6.20 Å². The average Bonchev–Trinajstić information content (AvgIpc) is 2.91. The number of nitro groups is 1. The molecule has 0 aliphatic carbocycles. The fourth-order valence-corrected chi connectivity index (χ4v) is 2.33. The summed E-state index contributed by atoms with van der Waals surface area (Å²) in [5.74, 6) is 1.37. The number of para-hydroxylation sites is 1. The predicted octanol–water partition coefficient (Wildman–Crippen LogP) is 4.22. The van der Waals surface area contributed by atoms with Crippen molar-refractivity contribution in [3.63, 3.8) is 0 Å². The van der Waals surface area contributed by atoms with Crippen LogP contribution in [0.25, 0.3) is 11.0 Å². The summed E-state index contributed by atoms with van der Waals surface area (Å²) in [6.07, 6.45) is 1.27. The van der Waals surface area contributed by atoms with Crippen molar-refractivity contribution >= 4 is 22.5 Å². The van der Waals surface area contributed by atoms with Gasteiger partial charge in [0.2, 0.25) is 0 Å². The molecule has 1 N–H and O–H groups in total. The van der Waals surface area contributed by atoms with Gasteiger partial charge in [0.25, 0.3) is 5.69 Å². The number of aryl methyl sites for hydroxylation is 1. The summed E-state index contributed by atoms with van der Waals surface area (Å²) in [4.78, 5) is 14.5. The second-order valence-electron chi connectivity index (χ2n) is 5.17. The molecule has 0 radical (unpaired) electrons. The number of aromatic nitrogens is 1. The molecular formula is C16H15N3O3. The van der Waals surface area contributed by atoms with Crippen molar-refractivity contribution in [2.75, 3.05) is 5.32 Å². The Morgan fingerprint density at radius 2 is 2.09 bits per heavy atom. The molecule has 112 valence electrons. The highest BCUT2D eigenvalue weighted by atomic mass is 16.6. The van der Waals surface area contributed by atoms with E-state index in [0.29, 0.717) is 11.4 Å². The van der Waals surface area contributed by atoms with Crippen molar-refractivity contribution in [3.8, 4) is 0 Å². The first-order valence-corrected chi connectivity index (χ1v) is 6.90. The van der Waals surface area contributed by atoms with E-state index in [1.54, 1.807) is 13.0 Å². The number of anilines is 1. The number of nitrogens with zero attached hydrogens (tertiary/aromatic N) is 2. The maximum atomic E-state index is 10.8. The molecule has 0 aliphatic rings. The maximum Gasteiger partial charge on any atom is 0.290 e. The molecule has 0 amide bonds. The summed E-state index contributed by atoms with van der Waals surface area (Å²) in [6, 6.07) is 11.3.